The molecule has 1 heterocycles. The van der Waals surface area contributed by atoms with E-state index >= 15 is 0 Å². The smallest absolute Gasteiger partial charge is 0.410 e. The van der Waals surface area contributed by atoms with Crippen molar-refractivity contribution >= 4 is 12.0 Å². The summed E-state index contributed by atoms with van der Waals surface area (Å²) in [6, 6.07) is -0.181. The average molecular weight is 317 g/mol. The third-order valence-corrected chi connectivity index (χ3v) is 2.98. The molecule has 2 amide bonds. The number of hydroxylamine groups is 1. The summed E-state index contributed by atoms with van der Waals surface area (Å²) < 4.78 is 10.9. The lowest BCUT2D eigenvalue weighted by atomic mass is 10.1. The van der Waals surface area contributed by atoms with Gasteiger partial charge in [0.1, 0.15) is 12.2 Å². The second-order valence-electron chi connectivity index (χ2n) is 6.41. The van der Waals surface area contributed by atoms with Gasteiger partial charge in [0.05, 0.1) is 19.3 Å². The molecule has 0 bridgehead atoms. The lowest BCUT2D eigenvalue weighted by molar-refractivity contribution is -0.126. The van der Waals surface area contributed by atoms with Crippen LogP contribution in [0.5, 0.6) is 0 Å². The van der Waals surface area contributed by atoms with Gasteiger partial charge in [-0.1, -0.05) is 0 Å². The zero-order valence-corrected chi connectivity index (χ0v) is 13.8. The number of amides is 2. The molecule has 1 aliphatic rings. The van der Waals surface area contributed by atoms with Crippen molar-refractivity contribution < 1.29 is 23.9 Å². The van der Waals surface area contributed by atoms with Gasteiger partial charge in [0.25, 0.3) is 0 Å². The van der Waals surface area contributed by atoms with Gasteiger partial charge in [-0.05, 0) is 34.1 Å². The van der Waals surface area contributed by atoms with Crippen LogP contribution in [0.4, 0.5) is 4.79 Å². The van der Waals surface area contributed by atoms with Crippen LogP contribution >= 0.6 is 0 Å². The van der Waals surface area contributed by atoms with E-state index in [1.807, 2.05) is 27.7 Å². The van der Waals surface area contributed by atoms with Gasteiger partial charge in [0.2, 0.25) is 5.91 Å². The number of rotatable bonds is 6. The number of nitrogens with one attached hydrogen (secondary N) is 1. The van der Waals surface area contributed by atoms with Crippen LogP contribution in [0.25, 0.3) is 0 Å². The summed E-state index contributed by atoms with van der Waals surface area (Å²) in [4.78, 5) is 29.5. The molecule has 0 radical (unpaired) electrons. The number of carbonyl (C=O) groups excluding carboxylic acids is 2. The molecular weight excluding hydrogens is 290 g/mol. The van der Waals surface area contributed by atoms with E-state index in [0.29, 0.717) is 26.2 Å². The van der Waals surface area contributed by atoms with Gasteiger partial charge in [-0.15, -0.1) is 0 Å². The molecule has 1 aliphatic heterocycles. The number of ether oxygens (including phenoxy) is 2. The maximum Gasteiger partial charge on any atom is 0.410 e. The lowest BCUT2D eigenvalue weighted by Crippen LogP contribution is -2.52. The van der Waals surface area contributed by atoms with Crippen LogP contribution in [0.1, 0.15) is 34.1 Å². The Bertz CT molecular complexity index is 383. The Morgan fingerprint density at radius 1 is 1.45 bits per heavy atom. The standard InChI is InChI=1S/C14H27N3O5/c1-10(16-21-9-12(15)18)7-11-8-20-6-5-17(11)13(19)22-14(2,3)4/h10-11,16H,5-9H2,1-4H3,(H2,15,18). The molecule has 22 heavy (non-hydrogen) atoms. The number of hydrogen-bond acceptors (Lipinski definition) is 6. The summed E-state index contributed by atoms with van der Waals surface area (Å²) in [6.07, 6.45) is 0.268. The van der Waals surface area contributed by atoms with Crippen LogP contribution in [-0.2, 0) is 19.1 Å². The summed E-state index contributed by atoms with van der Waals surface area (Å²) in [5.41, 5.74) is 7.19. The molecule has 0 aromatic heterocycles. The number of primary amides is 1. The maximum absolute atomic E-state index is 12.2. The van der Waals surface area contributed by atoms with E-state index in [-0.39, 0.29) is 24.8 Å². The van der Waals surface area contributed by atoms with Crippen molar-refractivity contribution in [2.24, 2.45) is 5.73 Å². The quantitative estimate of drug-likeness (QED) is 0.688. The highest BCUT2D eigenvalue weighted by Crippen LogP contribution is 2.17. The molecule has 1 fully saturated rings. The van der Waals surface area contributed by atoms with Gasteiger partial charge in [-0.25, -0.2) is 4.79 Å². The first-order valence-electron chi connectivity index (χ1n) is 7.42. The molecule has 128 valence electrons. The van der Waals surface area contributed by atoms with Crippen molar-refractivity contribution in [3.63, 3.8) is 0 Å². The molecule has 8 nitrogen and oxygen atoms in total. The number of hydrogen-bond donors (Lipinski definition) is 2. The highest BCUT2D eigenvalue weighted by molar-refractivity contribution is 5.74. The molecule has 1 saturated heterocycles. The van der Waals surface area contributed by atoms with Crippen molar-refractivity contribution in [1.82, 2.24) is 10.4 Å². The predicted octanol–water partition coefficient (Wildman–Crippen LogP) is 0.407. The molecular formula is C14H27N3O5. The Kier molecular flexibility index (Phi) is 7.05. The van der Waals surface area contributed by atoms with E-state index in [0.717, 1.165) is 0 Å². The summed E-state index contributed by atoms with van der Waals surface area (Å²) >= 11 is 0. The third-order valence-electron chi connectivity index (χ3n) is 2.98. The molecule has 3 N–H and O–H groups in total. The van der Waals surface area contributed by atoms with Gasteiger partial charge in [-0.3, -0.25) is 9.63 Å². The lowest BCUT2D eigenvalue weighted by Gasteiger charge is -2.37. The zero-order chi connectivity index (χ0) is 16.8. The van der Waals surface area contributed by atoms with Gasteiger partial charge >= 0.3 is 6.09 Å². The monoisotopic (exact) mass is 317 g/mol. The Labute approximate surface area is 131 Å². The Balaban J connectivity index is 2.50. The van der Waals surface area contributed by atoms with E-state index in [2.05, 4.69) is 5.48 Å². The highest BCUT2D eigenvalue weighted by atomic mass is 16.6. The average Bonchev–Trinajstić information content (AvgIpc) is 2.36. The van der Waals surface area contributed by atoms with E-state index in [9.17, 15) is 9.59 Å². The van der Waals surface area contributed by atoms with E-state index < -0.39 is 11.5 Å². The SMILES string of the molecule is CC(CC1COCCN1C(=O)OC(C)(C)C)NOCC(N)=O. The zero-order valence-electron chi connectivity index (χ0n) is 13.8. The van der Waals surface area contributed by atoms with E-state index in [1.54, 1.807) is 4.90 Å². The van der Waals surface area contributed by atoms with Crippen LogP contribution in [0.15, 0.2) is 0 Å². The fourth-order valence-electron chi connectivity index (χ4n) is 2.12. The topological polar surface area (TPSA) is 103 Å². The number of carbonyl (C=O) groups is 2. The van der Waals surface area contributed by atoms with Gasteiger partial charge in [-0.2, -0.15) is 5.48 Å². The van der Waals surface area contributed by atoms with Crippen molar-refractivity contribution in [2.75, 3.05) is 26.4 Å². The number of morpholine rings is 1. The number of nitrogens with two attached hydrogens (primary N) is 1. The van der Waals surface area contributed by atoms with Crippen LogP contribution in [0.2, 0.25) is 0 Å². The van der Waals surface area contributed by atoms with Crippen molar-refractivity contribution in [3.8, 4) is 0 Å². The van der Waals surface area contributed by atoms with Crippen molar-refractivity contribution in [2.45, 2.75) is 51.8 Å². The molecule has 0 aliphatic carbocycles. The van der Waals surface area contributed by atoms with Crippen molar-refractivity contribution in [1.29, 1.82) is 0 Å². The molecule has 8 heteroatoms. The fourth-order valence-corrected chi connectivity index (χ4v) is 2.12. The fraction of sp³-hybridized carbons (Fsp3) is 0.857. The highest BCUT2D eigenvalue weighted by Gasteiger charge is 2.31. The van der Waals surface area contributed by atoms with Gasteiger partial charge in [0.15, 0.2) is 0 Å². The predicted molar refractivity (Wildman–Crippen MR) is 79.9 cm³/mol. The largest absolute Gasteiger partial charge is 0.444 e. The summed E-state index contributed by atoms with van der Waals surface area (Å²) in [7, 11) is 0. The molecule has 0 saturated carbocycles. The minimum absolute atomic E-state index is 0.0732. The van der Waals surface area contributed by atoms with Crippen LogP contribution < -0.4 is 11.2 Å². The Hall–Kier alpha value is -1.38. The first kappa shape index (κ1) is 18.7. The van der Waals surface area contributed by atoms with Crippen LogP contribution in [0.3, 0.4) is 0 Å². The first-order valence-corrected chi connectivity index (χ1v) is 7.42. The molecule has 0 spiro atoms. The van der Waals surface area contributed by atoms with Crippen LogP contribution in [-0.4, -0.2) is 61.0 Å². The van der Waals surface area contributed by atoms with Gasteiger partial charge < -0.3 is 20.1 Å². The minimum atomic E-state index is -0.545. The normalized spacial score (nSPS) is 20.5. The van der Waals surface area contributed by atoms with E-state index in [4.69, 9.17) is 20.0 Å². The van der Waals surface area contributed by atoms with E-state index in [1.165, 1.54) is 0 Å². The Morgan fingerprint density at radius 3 is 2.73 bits per heavy atom. The molecule has 2 unspecified atom stereocenters. The summed E-state index contributed by atoms with van der Waals surface area (Å²) in [5.74, 6) is -0.545. The summed E-state index contributed by atoms with van der Waals surface area (Å²) in [5, 5.41) is 0. The van der Waals surface area contributed by atoms with Crippen molar-refractivity contribution in [3.05, 3.63) is 0 Å². The van der Waals surface area contributed by atoms with Crippen LogP contribution in [0, 0.1) is 0 Å². The molecule has 2 atom stereocenters. The molecule has 0 aromatic carbocycles. The molecule has 1 rings (SSSR count). The first-order chi connectivity index (χ1) is 10.2. The Morgan fingerprint density at radius 2 is 2.14 bits per heavy atom. The van der Waals surface area contributed by atoms with Gasteiger partial charge in [0, 0.05) is 12.6 Å². The second-order valence-corrected chi connectivity index (χ2v) is 6.41. The molecule has 0 aromatic rings. The second kappa shape index (κ2) is 8.30. The minimum Gasteiger partial charge on any atom is -0.444 e. The third kappa shape index (κ3) is 7.06. The summed E-state index contributed by atoms with van der Waals surface area (Å²) in [6.45, 7) is 8.64. The maximum atomic E-state index is 12.2. The number of nitrogens with zero attached hydrogens (tertiary/aromatic N) is 1.